The van der Waals surface area contributed by atoms with Gasteiger partial charge in [0.05, 0.1) is 0 Å². The molecular weight excluding hydrogens is 326 g/mol. The van der Waals surface area contributed by atoms with Crippen LogP contribution in [0.4, 0.5) is 0 Å². The van der Waals surface area contributed by atoms with E-state index in [4.69, 9.17) is 16.3 Å². The number of hydrogen-bond donors (Lipinski definition) is 3. The quantitative estimate of drug-likeness (QED) is 0.320. The zero-order chi connectivity index (χ0) is 20.9. The monoisotopic (exact) mass is 375 g/mol. The standard InChI is InChI=1S/C12H27N.C5H13N.C2H5NO.C2H4O/c1-2-3-4-5-6-7-8-9-10-11-12-13;1-2-3-4-5-6;1-2(3)4;1-2-3/h2-13H2,1H3;2-6H2,1H3;1H3,(H2,3,4);2H,1H3. The van der Waals surface area contributed by atoms with E-state index in [1.165, 1.54) is 97.3 Å². The number of unbranched alkanes of at least 4 members (excludes halogenated alkanes) is 11. The summed E-state index contributed by atoms with van der Waals surface area (Å²) in [7, 11) is 0. The fourth-order valence-corrected chi connectivity index (χ4v) is 2.03. The molecule has 0 radical (unpaired) electrons. The van der Waals surface area contributed by atoms with E-state index in [9.17, 15) is 4.79 Å². The Morgan fingerprint density at radius 2 is 0.885 bits per heavy atom. The first-order chi connectivity index (χ1) is 12.5. The molecule has 160 valence electrons. The molecular formula is C21H49N3O2. The lowest BCUT2D eigenvalue weighted by atomic mass is 10.1. The van der Waals surface area contributed by atoms with Gasteiger partial charge in [-0.05, 0) is 32.9 Å². The number of amides is 1. The number of aldehydes is 1. The van der Waals surface area contributed by atoms with Crippen LogP contribution in [0, 0.1) is 0 Å². The van der Waals surface area contributed by atoms with Gasteiger partial charge in [0.2, 0.25) is 5.91 Å². The van der Waals surface area contributed by atoms with Crippen LogP contribution in [0.25, 0.3) is 0 Å². The van der Waals surface area contributed by atoms with Gasteiger partial charge in [0.15, 0.2) is 0 Å². The summed E-state index contributed by atoms with van der Waals surface area (Å²) in [5.74, 6) is -0.333. The van der Waals surface area contributed by atoms with E-state index >= 15 is 0 Å². The summed E-state index contributed by atoms with van der Waals surface area (Å²) >= 11 is 0. The van der Waals surface area contributed by atoms with E-state index in [0.29, 0.717) is 0 Å². The Labute approximate surface area is 163 Å². The number of hydrogen-bond acceptors (Lipinski definition) is 4. The van der Waals surface area contributed by atoms with Crippen LogP contribution in [0.5, 0.6) is 0 Å². The van der Waals surface area contributed by atoms with Crippen molar-refractivity contribution in [3.8, 4) is 0 Å². The Morgan fingerprint density at radius 1 is 0.692 bits per heavy atom. The predicted octanol–water partition coefficient (Wildman–Crippen LogP) is 4.70. The molecule has 6 N–H and O–H groups in total. The molecule has 0 aromatic heterocycles. The normalized spacial score (nSPS) is 8.85. The molecule has 0 spiro atoms. The minimum absolute atomic E-state index is 0.333. The van der Waals surface area contributed by atoms with Crippen LogP contribution in [0.3, 0.4) is 0 Å². The summed E-state index contributed by atoms with van der Waals surface area (Å²) < 4.78 is 0. The Morgan fingerprint density at radius 3 is 1.12 bits per heavy atom. The summed E-state index contributed by atoms with van der Waals surface area (Å²) in [4.78, 5) is 18.0. The molecule has 0 aromatic carbocycles. The van der Waals surface area contributed by atoms with Crippen molar-refractivity contribution in [3.05, 3.63) is 0 Å². The van der Waals surface area contributed by atoms with Crippen LogP contribution in [-0.4, -0.2) is 25.3 Å². The highest BCUT2D eigenvalue weighted by molar-refractivity contribution is 5.70. The van der Waals surface area contributed by atoms with E-state index in [-0.39, 0.29) is 5.91 Å². The van der Waals surface area contributed by atoms with Gasteiger partial charge < -0.3 is 22.0 Å². The second-order valence-corrected chi connectivity index (χ2v) is 6.31. The Hall–Kier alpha value is -0.940. The predicted molar refractivity (Wildman–Crippen MR) is 116 cm³/mol. The molecule has 0 aromatic rings. The molecule has 0 aliphatic carbocycles. The minimum Gasteiger partial charge on any atom is -0.370 e. The van der Waals surface area contributed by atoms with Crippen molar-refractivity contribution in [1.29, 1.82) is 0 Å². The average Bonchev–Trinajstić information content (AvgIpc) is 2.59. The van der Waals surface area contributed by atoms with E-state index in [1.807, 2.05) is 0 Å². The van der Waals surface area contributed by atoms with E-state index in [2.05, 4.69) is 19.6 Å². The van der Waals surface area contributed by atoms with Crippen LogP contribution < -0.4 is 17.2 Å². The third-order valence-corrected chi connectivity index (χ3v) is 3.37. The molecule has 0 saturated heterocycles. The molecule has 0 saturated carbocycles. The lowest BCUT2D eigenvalue weighted by molar-refractivity contribution is -0.116. The maximum atomic E-state index is 9.22. The van der Waals surface area contributed by atoms with Crippen molar-refractivity contribution >= 4 is 12.2 Å². The van der Waals surface area contributed by atoms with Crippen LogP contribution in [0.1, 0.15) is 111 Å². The highest BCUT2D eigenvalue weighted by atomic mass is 16.1. The number of primary amides is 1. The fourth-order valence-electron chi connectivity index (χ4n) is 2.03. The van der Waals surface area contributed by atoms with Crippen molar-refractivity contribution in [3.63, 3.8) is 0 Å². The van der Waals surface area contributed by atoms with Crippen LogP contribution in [0.2, 0.25) is 0 Å². The maximum absolute atomic E-state index is 9.22. The van der Waals surface area contributed by atoms with Gasteiger partial charge in [0.1, 0.15) is 6.29 Å². The van der Waals surface area contributed by atoms with Gasteiger partial charge in [-0.3, -0.25) is 4.79 Å². The molecule has 0 fully saturated rings. The van der Waals surface area contributed by atoms with E-state index in [0.717, 1.165) is 19.4 Å². The fraction of sp³-hybridized carbons (Fsp3) is 0.905. The number of rotatable bonds is 13. The Kier molecular flexibility index (Phi) is 49.3. The van der Waals surface area contributed by atoms with Gasteiger partial charge in [0.25, 0.3) is 0 Å². The zero-order valence-electron chi connectivity index (χ0n) is 18.2. The number of carbonyl (C=O) groups excluding carboxylic acids is 2. The van der Waals surface area contributed by atoms with Gasteiger partial charge in [-0.1, -0.05) is 84.5 Å². The van der Waals surface area contributed by atoms with Crippen molar-refractivity contribution in [2.45, 2.75) is 111 Å². The molecule has 0 unspecified atom stereocenters. The van der Waals surface area contributed by atoms with Crippen molar-refractivity contribution < 1.29 is 9.59 Å². The summed E-state index contributed by atoms with van der Waals surface area (Å²) in [6.07, 6.45) is 18.4. The lowest BCUT2D eigenvalue weighted by Gasteiger charge is -2.00. The summed E-state index contributed by atoms with van der Waals surface area (Å²) in [5.41, 5.74) is 15.1. The van der Waals surface area contributed by atoms with Crippen LogP contribution in [-0.2, 0) is 9.59 Å². The smallest absolute Gasteiger partial charge is 0.214 e. The van der Waals surface area contributed by atoms with Crippen molar-refractivity contribution in [2.75, 3.05) is 13.1 Å². The number of nitrogens with two attached hydrogens (primary N) is 3. The summed E-state index contributed by atoms with van der Waals surface area (Å²) in [6, 6.07) is 0. The zero-order valence-corrected chi connectivity index (χ0v) is 18.2. The SMILES string of the molecule is CC(N)=O.CC=O.CCCCCCCCCCCCN.CCCCCN. The lowest BCUT2D eigenvalue weighted by Crippen LogP contribution is -2.01. The van der Waals surface area contributed by atoms with E-state index < -0.39 is 0 Å². The highest BCUT2D eigenvalue weighted by Gasteiger charge is 1.91. The topological polar surface area (TPSA) is 112 Å². The Bertz CT molecular complexity index is 219. The van der Waals surface area contributed by atoms with Crippen LogP contribution >= 0.6 is 0 Å². The molecule has 1 amide bonds. The third-order valence-electron chi connectivity index (χ3n) is 3.37. The average molecular weight is 376 g/mol. The third kappa shape index (κ3) is 77.2. The molecule has 5 heteroatoms. The first kappa shape index (κ1) is 32.7. The first-order valence-electron chi connectivity index (χ1n) is 10.5. The first-order valence-corrected chi connectivity index (χ1v) is 10.5. The van der Waals surface area contributed by atoms with Crippen molar-refractivity contribution in [2.24, 2.45) is 17.2 Å². The molecule has 0 rings (SSSR count). The molecule has 0 bridgehead atoms. The van der Waals surface area contributed by atoms with Gasteiger partial charge in [0, 0.05) is 6.92 Å². The summed E-state index contributed by atoms with van der Waals surface area (Å²) in [5, 5.41) is 0. The maximum Gasteiger partial charge on any atom is 0.214 e. The molecule has 0 aliphatic rings. The molecule has 5 nitrogen and oxygen atoms in total. The molecule has 0 atom stereocenters. The van der Waals surface area contributed by atoms with Gasteiger partial charge >= 0.3 is 0 Å². The molecule has 26 heavy (non-hydrogen) atoms. The minimum atomic E-state index is -0.333. The van der Waals surface area contributed by atoms with Gasteiger partial charge in [-0.15, -0.1) is 0 Å². The van der Waals surface area contributed by atoms with Gasteiger partial charge in [-0.2, -0.15) is 0 Å². The Balaban J connectivity index is -0.000000154. The van der Waals surface area contributed by atoms with Crippen molar-refractivity contribution in [1.82, 2.24) is 0 Å². The second-order valence-electron chi connectivity index (χ2n) is 6.31. The molecule has 0 heterocycles. The highest BCUT2D eigenvalue weighted by Crippen LogP contribution is 2.09. The van der Waals surface area contributed by atoms with E-state index in [1.54, 1.807) is 0 Å². The second kappa shape index (κ2) is 39.2. The van der Waals surface area contributed by atoms with Gasteiger partial charge in [-0.25, -0.2) is 0 Å². The molecule has 0 aliphatic heterocycles. The van der Waals surface area contributed by atoms with Crippen LogP contribution in [0.15, 0.2) is 0 Å². The summed E-state index contributed by atoms with van der Waals surface area (Å²) in [6.45, 7) is 8.92. The largest absolute Gasteiger partial charge is 0.370 e. The number of carbonyl (C=O) groups is 2.